The Morgan fingerprint density at radius 2 is 1.81 bits per heavy atom. The van der Waals surface area contributed by atoms with Gasteiger partial charge in [0.1, 0.15) is 9.88 Å². The Morgan fingerprint density at radius 3 is 2.44 bits per heavy atom. The highest BCUT2D eigenvalue weighted by Gasteiger charge is 2.39. The topological polar surface area (TPSA) is 85.1 Å². The minimum atomic E-state index is -4.82. The summed E-state index contributed by atoms with van der Waals surface area (Å²) in [5.41, 5.74) is -1.13. The number of non-ortho nitro benzene ring substituents is 1. The molecule has 2 aromatic carbocycles. The molecule has 138 valence electrons. The minimum absolute atomic E-state index is 0.0111. The number of anilines is 1. The number of nitrogens with zero attached hydrogens (tertiary/aromatic N) is 2. The van der Waals surface area contributed by atoms with Crippen LogP contribution in [0.2, 0.25) is 0 Å². The SMILES string of the molecule is O=C(Nc1cccc([N+](=O)[O-])c1)c1sc(-c2ccccc2)nc1C(F)(F)F. The van der Waals surface area contributed by atoms with E-state index in [1.807, 2.05) is 0 Å². The number of carbonyl (C=O) groups is 1. The monoisotopic (exact) mass is 393 g/mol. The van der Waals surface area contributed by atoms with Gasteiger partial charge in [-0.3, -0.25) is 14.9 Å². The van der Waals surface area contributed by atoms with Crippen LogP contribution in [-0.2, 0) is 6.18 Å². The van der Waals surface area contributed by atoms with E-state index >= 15 is 0 Å². The Hall–Kier alpha value is -3.27. The largest absolute Gasteiger partial charge is 0.435 e. The van der Waals surface area contributed by atoms with Crippen molar-refractivity contribution < 1.29 is 22.9 Å². The molecular formula is C17H10F3N3O3S. The number of nitrogens with one attached hydrogen (secondary N) is 1. The first-order valence-electron chi connectivity index (χ1n) is 7.45. The summed E-state index contributed by atoms with van der Waals surface area (Å²) < 4.78 is 40.0. The number of nitro benzene ring substituents is 1. The summed E-state index contributed by atoms with van der Waals surface area (Å²) in [5.74, 6) is -1.04. The highest BCUT2D eigenvalue weighted by atomic mass is 32.1. The summed E-state index contributed by atoms with van der Waals surface area (Å²) >= 11 is 0.600. The summed E-state index contributed by atoms with van der Waals surface area (Å²) in [5, 5.41) is 13.1. The van der Waals surface area contributed by atoms with E-state index in [0.717, 1.165) is 6.07 Å². The maximum atomic E-state index is 13.3. The number of nitro groups is 1. The summed E-state index contributed by atoms with van der Waals surface area (Å²) in [6, 6.07) is 13.1. The van der Waals surface area contributed by atoms with Crippen molar-refractivity contribution in [1.29, 1.82) is 0 Å². The molecule has 10 heteroatoms. The number of aromatic nitrogens is 1. The number of hydrogen-bond donors (Lipinski definition) is 1. The lowest BCUT2D eigenvalue weighted by atomic mass is 10.2. The fourth-order valence-electron chi connectivity index (χ4n) is 2.26. The van der Waals surface area contributed by atoms with Crippen LogP contribution in [0.5, 0.6) is 0 Å². The molecule has 3 aromatic rings. The van der Waals surface area contributed by atoms with Gasteiger partial charge < -0.3 is 5.32 Å². The number of halogens is 3. The molecule has 1 N–H and O–H groups in total. The molecule has 0 saturated heterocycles. The normalized spacial score (nSPS) is 11.2. The van der Waals surface area contributed by atoms with E-state index in [2.05, 4.69) is 10.3 Å². The van der Waals surface area contributed by atoms with E-state index in [0.29, 0.717) is 16.9 Å². The van der Waals surface area contributed by atoms with Crippen LogP contribution in [0.15, 0.2) is 54.6 Å². The molecule has 3 rings (SSSR count). The summed E-state index contributed by atoms with van der Waals surface area (Å²) in [4.78, 5) is 25.5. The van der Waals surface area contributed by atoms with Gasteiger partial charge in [-0.2, -0.15) is 13.2 Å². The van der Waals surface area contributed by atoms with Gasteiger partial charge in [0.15, 0.2) is 5.69 Å². The highest BCUT2D eigenvalue weighted by molar-refractivity contribution is 7.17. The molecule has 0 radical (unpaired) electrons. The molecule has 0 aliphatic heterocycles. The third kappa shape index (κ3) is 4.11. The molecule has 1 heterocycles. The van der Waals surface area contributed by atoms with Crippen LogP contribution >= 0.6 is 11.3 Å². The molecule has 0 saturated carbocycles. The molecule has 0 aliphatic rings. The third-order valence-electron chi connectivity index (χ3n) is 3.44. The summed E-state index contributed by atoms with van der Waals surface area (Å²) in [6.07, 6.45) is -4.82. The van der Waals surface area contributed by atoms with Crippen LogP contribution in [0, 0.1) is 10.1 Å². The van der Waals surface area contributed by atoms with Gasteiger partial charge in [0.05, 0.1) is 4.92 Å². The first-order chi connectivity index (χ1) is 12.8. The van der Waals surface area contributed by atoms with Crippen molar-refractivity contribution in [2.75, 3.05) is 5.32 Å². The van der Waals surface area contributed by atoms with Crippen molar-refractivity contribution in [1.82, 2.24) is 4.98 Å². The Bertz CT molecular complexity index is 1000. The zero-order chi connectivity index (χ0) is 19.6. The van der Waals surface area contributed by atoms with Crippen LogP contribution in [-0.4, -0.2) is 15.8 Å². The fourth-order valence-corrected chi connectivity index (χ4v) is 3.24. The Balaban J connectivity index is 1.97. The number of thiazole rings is 1. The van der Waals surface area contributed by atoms with E-state index in [1.54, 1.807) is 30.3 Å². The van der Waals surface area contributed by atoms with Crippen molar-refractivity contribution in [3.05, 3.63) is 75.3 Å². The maximum absolute atomic E-state index is 13.3. The van der Waals surface area contributed by atoms with Crippen molar-refractivity contribution >= 4 is 28.6 Å². The van der Waals surface area contributed by atoms with Gasteiger partial charge in [0, 0.05) is 23.4 Å². The van der Waals surface area contributed by atoms with Crippen molar-refractivity contribution in [3.8, 4) is 10.6 Å². The molecule has 27 heavy (non-hydrogen) atoms. The van der Waals surface area contributed by atoms with Gasteiger partial charge >= 0.3 is 6.18 Å². The van der Waals surface area contributed by atoms with E-state index < -0.39 is 27.6 Å². The minimum Gasteiger partial charge on any atom is -0.321 e. The lowest BCUT2D eigenvalue weighted by molar-refractivity contribution is -0.384. The van der Waals surface area contributed by atoms with Gasteiger partial charge in [-0.25, -0.2) is 4.98 Å². The molecule has 1 amide bonds. The quantitative estimate of drug-likeness (QED) is 0.500. The number of carbonyl (C=O) groups excluding carboxylic acids is 1. The van der Waals surface area contributed by atoms with Crippen molar-refractivity contribution in [3.63, 3.8) is 0 Å². The van der Waals surface area contributed by atoms with Gasteiger partial charge in [-0.05, 0) is 6.07 Å². The molecule has 0 spiro atoms. The molecule has 0 unspecified atom stereocenters. The second kappa shape index (κ2) is 7.16. The van der Waals surface area contributed by atoms with E-state index in [-0.39, 0.29) is 16.4 Å². The van der Waals surface area contributed by atoms with E-state index in [4.69, 9.17) is 0 Å². The molecule has 0 aliphatic carbocycles. The van der Waals surface area contributed by atoms with Crippen molar-refractivity contribution in [2.45, 2.75) is 6.18 Å². The molecular weight excluding hydrogens is 383 g/mol. The predicted molar refractivity (Wildman–Crippen MR) is 93.6 cm³/mol. The zero-order valence-electron chi connectivity index (χ0n) is 13.4. The standard InChI is InChI=1S/C17H10F3N3O3S/c18-17(19,20)14-13(27-16(22-14)10-5-2-1-3-6-10)15(24)21-11-7-4-8-12(9-11)23(25)26/h1-9H,(H,21,24). The van der Waals surface area contributed by atoms with Gasteiger partial charge in [-0.1, -0.05) is 36.4 Å². The van der Waals surface area contributed by atoms with Gasteiger partial charge in [-0.15, -0.1) is 11.3 Å². The number of rotatable bonds is 4. The second-order valence-electron chi connectivity index (χ2n) is 5.32. The van der Waals surface area contributed by atoms with Crippen LogP contribution in [0.25, 0.3) is 10.6 Å². The first kappa shape index (κ1) is 18.5. The number of alkyl halides is 3. The molecule has 0 atom stereocenters. The van der Waals surface area contributed by atoms with Crippen LogP contribution < -0.4 is 5.32 Å². The van der Waals surface area contributed by atoms with Gasteiger partial charge in [0.2, 0.25) is 0 Å². The Morgan fingerprint density at radius 1 is 1.11 bits per heavy atom. The molecule has 6 nitrogen and oxygen atoms in total. The molecule has 0 fully saturated rings. The second-order valence-corrected chi connectivity index (χ2v) is 6.32. The first-order valence-corrected chi connectivity index (χ1v) is 8.26. The molecule has 0 bridgehead atoms. The average Bonchev–Trinajstić information content (AvgIpc) is 3.09. The molecule has 1 aromatic heterocycles. The maximum Gasteiger partial charge on any atom is 0.435 e. The number of hydrogen-bond acceptors (Lipinski definition) is 5. The lowest BCUT2D eigenvalue weighted by Gasteiger charge is -2.07. The predicted octanol–water partition coefficient (Wildman–Crippen LogP) is 4.99. The lowest BCUT2D eigenvalue weighted by Crippen LogP contribution is -2.17. The summed E-state index contributed by atoms with van der Waals surface area (Å²) in [7, 11) is 0. The van der Waals surface area contributed by atoms with Crippen LogP contribution in [0.3, 0.4) is 0 Å². The Labute approximate surface area is 154 Å². The number of amides is 1. The van der Waals surface area contributed by atoms with E-state index in [1.165, 1.54) is 18.2 Å². The average molecular weight is 393 g/mol. The summed E-state index contributed by atoms with van der Waals surface area (Å²) in [6.45, 7) is 0. The zero-order valence-corrected chi connectivity index (χ0v) is 14.2. The van der Waals surface area contributed by atoms with Crippen LogP contribution in [0.1, 0.15) is 15.4 Å². The van der Waals surface area contributed by atoms with Gasteiger partial charge in [0.25, 0.3) is 11.6 Å². The smallest absolute Gasteiger partial charge is 0.321 e. The fraction of sp³-hybridized carbons (Fsp3) is 0.0588. The highest BCUT2D eigenvalue weighted by Crippen LogP contribution is 2.38. The van der Waals surface area contributed by atoms with Crippen molar-refractivity contribution in [2.24, 2.45) is 0 Å². The Kier molecular flexibility index (Phi) is 4.91. The number of benzene rings is 2. The van der Waals surface area contributed by atoms with Crippen LogP contribution in [0.4, 0.5) is 24.5 Å². The third-order valence-corrected chi connectivity index (χ3v) is 4.54. The van der Waals surface area contributed by atoms with E-state index in [9.17, 15) is 28.1 Å².